The largest absolute Gasteiger partial charge is 0.508 e. The zero-order valence-corrected chi connectivity index (χ0v) is 8.97. The Morgan fingerprint density at radius 1 is 1.38 bits per heavy atom. The van der Waals surface area contributed by atoms with Crippen molar-refractivity contribution in [3.63, 3.8) is 0 Å². The number of carboxylic acid groups (broad SMARTS) is 1. The molecular formula is C12H15NO3. The molecule has 1 aliphatic heterocycles. The van der Waals surface area contributed by atoms with Crippen molar-refractivity contribution >= 4 is 5.97 Å². The number of benzene rings is 1. The van der Waals surface area contributed by atoms with Crippen LogP contribution in [0.3, 0.4) is 0 Å². The number of aliphatic carboxylic acids is 1. The Bertz CT molecular complexity index is 374. The fraction of sp³-hybridized carbons (Fsp3) is 0.417. The lowest BCUT2D eigenvalue weighted by Crippen LogP contribution is -2.22. The van der Waals surface area contributed by atoms with Gasteiger partial charge in [-0.3, -0.25) is 9.69 Å². The number of aromatic hydroxyl groups is 1. The van der Waals surface area contributed by atoms with E-state index in [2.05, 4.69) is 4.90 Å². The number of phenols is 1. The molecule has 1 fully saturated rings. The molecule has 4 nitrogen and oxygen atoms in total. The lowest BCUT2D eigenvalue weighted by atomic mass is 10.1. The minimum atomic E-state index is -0.701. The first-order valence-corrected chi connectivity index (χ1v) is 5.38. The third kappa shape index (κ3) is 2.52. The normalized spacial score (nSPS) is 21.1. The first-order chi connectivity index (χ1) is 7.65. The first-order valence-electron chi connectivity index (χ1n) is 5.38. The minimum Gasteiger partial charge on any atom is -0.508 e. The molecule has 1 saturated heterocycles. The highest BCUT2D eigenvalue weighted by Crippen LogP contribution is 2.19. The van der Waals surface area contributed by atoms with E-state index in [0.29, 0.717) is 6.54 Å². The maximum Gasteiger partial charge on any atom is 0.307 e. The quantitative estimate of drug-likeness (QED) is 0.807. The number of likely N-dealkylation sites (tertiary alicyclic amines) is 1. The van der Waals surface area contributed by atoms with Crippen molar-refractivity contribution < 1.29 is 15.0 Å². The van der Waals surface area contributed by atoms with Crippen LogP contribution in [0.2, 0.25) is 0 Å². The van der Waals surface area contributed by atoms with Crippen LogP contribution in [-0.2, 0) is 11.3 Å². The summed E-state index contributed by atoms with van der Waals surface area (Å²) in [5.74, 6) is -0.668. The molecule has 0 spiro atoms. The average Bonchev–Trinajstić information content (AvgIpc) is 2.70. The van der Waals surface area contributed by atoms with Gasteiger partial charge in [0, 0.05) is 13.1 Å². The number of hydrogen-bond donors (Lipinski definition) is 2. The second-order valence-corrected chi connectivity index (χ2v) is 4.23. The summed E-state index contributed by atoms with van der Waals surface area (Å²) in [6.45, 7) is 2.21. The van der Waals surface area contributed by atoms with Crippen LogP contribution in [0, 0.1) is 5.92 Å². The van der Waals surface area contributed by atoms with Gasteiger partial charge in [-0.15, -0.1) is 0 Å². The van der Waals surface area contributed by atoms with Crippen LogP contribution in [0.4, 0.5) is 0 Å². The van der Waals surface area contributed by atoms with Crippen molar-refractivity contribution in [1.82, 2.24) is 4.90 Å². The summed E-state index contributed by atoms with van der Waals surface area (Å²) >= 11 is 0. The van der Waals surface area contributed by atoms with E-state index in [9.17, 15) is 4.79 Å². The van der Waals surface area contributed by atoms with Crippen LogP contribution in [0.5, 0.6) is 5.75 Å². The third-order valence-electron chi connectivity index (χ3n) is 2.96. The molecule has 0 aromatic heterocycles. The van der Waals surface area contributed by atoms with Gasteiger partial charge in [0.05, 0.1) is 5.92 Å². The average molecular weight is 221 g/mol. The molecule has 2 rings (SSSR count). The fourth-order valence-corrected chi connectivity index (χ4v) is 2.04. The Kier molecular flexibility index (Phi) is 3.10. The van der Waals surface area contributed by atoms with E-state index in [4.69, 9.17) is 10.2 Å². The summed E-state index contributed by atoms with van der Waals surface area (Å²) in [4.78, 5) is 12.9. The van der Waals surface area contributed by atoms with Crippen molar-refractivity contribution in [2.24, 2.45) is 5.92 Å². The lowest BCUT2D eigenvalue weighted by molar-refractivity contribution is -0.141. The Morgan fingerprint density at radius 2 is 2.06 bits per heavy atom. The molecule has 1 heterocycles. The molecule has 0 saturated carbocycles. The van der Waals surface area contributed by atoms with E-state index in [0.717, 1.165) is 25.1 Å². The number of nitrogens with zero attached hydrogens (tertiary/aromatic N) is 1. The number of phenolic OH excluding ortho intramolecular Hbond substituents is 1. The predicted octanol–water partition coefficient (Wildman–Crippen LogP) is 1.30. The summed E-state index contributed by atoms with van der Waals surface area (Å²) in [6, 6.07) is 7.03. The monoisotopic (exact) mass is 221 g/mol. The molecule has 1 aliphatic rings. The van der Waals surface area contributed by atoms with Gasteiger partial charge in [-0.25, -0.2) is 0 Å². The number of rotatable bonds is 3. The second-order valence-electron chi connectivity index (χ2n) is 4.23. The Labute approximate surface area is 94.1 Å². The van der Waals surface area contributed by atoms with E-state index in [1.807, 2.05) is 12.1 Å². The van der Waals surface area contributed by atoms with Gasteiger partial charge < -0.3 is 10.2 Å². The van der Waals surface area contributed by atoms with E-state index < -0.39 is 5.97 Å². The zero-order chi connectivity index (χ0) is 11.5. The van der Waals surface area contributed by atoms with Crippen LogP contribution in [0.25, 0.3) is 0 Å². The summed E-state index contributed by atoms with van der Waals surface area (Å²) in [7, 11) is 0. The Hall–Kier alpha value is -1.55. The van der Waals surface area contributed by atoms with Gasteiger partial charge in [0.2, 0.25) is 0 Å². The molecule has 1 atom stereocenters. The summed E-state index contributed by atoms with van der Waals surface area (Å²) < 4.78 is 0. The van der Waals surface area contributed by atoms with Crippen LogP contribution in [0.15, 0.2) is 24.3 Å². The Morgan fingerprint density at radius 3 is 2.62 bits per heavy atom. The maximum absolute atomic E-state index is 10.8. The van der Waals surface area contributed by atoms with E-state index >= 15 is 0 Å². The van der Waals surface area contributed by atoms with Gasteiger partial charge in [-0.05, 0) is 30.7 Å². The number of hydrogen-bond acceptors (Lipinski definition) is 3. The summed E-state index contributed by atoms with van der Waals surface area (Å²) in [5.41, 5.74) is 1.10. The van der Waals surface area contributed by atoms with Crippen LogP contribution >= 0.6 is 0 Å². The van der Waals surface area contributed by atoms with Gasteiger partial charge in [0.25, 0.3) is 0 Å². The van der Waals surface area contributed by atoms with E-state index in [1.165, 1.54) is 0 Å². The van der Waals surface area contributed by atoms with Crippen molar-refractivity contribution in [2.45, 2.75) is 13.0 Å². The van der Waals surface area contributed by atoms with Crippen molar-refractivity contribution in [3.05, 3.63) is 29.8 Å². The van der Waals surface area contributed by atoms with Crippen molar-refractivity contribution in [3.8, 4) is 5.75 Å². The molecule has 0 amide bonds. The zero-order valence-electron chi connectivity index (χ0n) is 8.97. The summed E-state index contributed by atoms with van der Waals surface area (Å²) in [5, 5.41) is 18.0. The SMILES string of the molecule is O=C(O)C1CCN(Cc2ccc(O)cc2)C1. The topological polar surface area (TPSA) is 60.8 Å². The number of carboxylic acids is 1. The predicted molar refractivity (Wildman–Crippen MR) is 59.1 cm³/mol. The molecule has 2 N–H and O–H groups in total. The van der Waals surface area contributed by atoms with Gasteiger partial charge in [0.15, 0.2) is 0 Å². The van der Waals surface area contributed by atoms with Crippen LogP contribution < -0.4 is 0 Å². The molecule has 0 bridgehead atoms. The molecule has 1 aromatic carbocycles. The van der Waals surface area contributed by atoms with Crippen LogP contribution in [-0.4, -0.2) is 34.2 Å². The van der Waals surface area contributed by atoms with Gasteiger partial charge >= 0.3 is 5.97 Å². The first kappa shape index (κ1) is 11.0. The molecule has 1 aromatic rings. The second kappa shape index (κ2) is 4.53. The highest BCUT2D eigenvalue weighted by atomic mass is 16.4. The fourth-order valence-electron chi connectivity index (χ4n) is 2.04. The molecule has 4 heteroatoms. The smallest absolute Gasteiger partial charge is 0.307 e. The minimum absolute atomic E-state index is 0.225. The van der Waals surface area contributed by atoms with Gasteiger partial charge in [0.1, 0.15) is 5.75 Å². The third-order valence-corrected chi connectivity index (χ3v) is 2.96. The highest BCUT2D eigenvalue weighted by molar-refractivity contribution is 5.70. The van der Waals surface area contributed by atoms with Gasteiger partial charge in [-0.1, -0.05) is 12.1 Å². The molecule has 0 aliphatic carbocycles. The van der Waals surface area contributed by atoms with E-state index in [-0.39, 0.29) is 11.7 Å². The van der Waals surface area contributed by atoms with Crippen molar-refractivity contribution in [2.75, 3.05) is 13.1 Å². The highest BCUT2D eigenvalue weighted by Gasteiger charge is 2.27. The van der Waals surface area contributed by atoms with Gasteiger partial charge in [-0.2, -0.15) is 0 Å². The number of carbonyl (C=O) groups is 1. The van der Waals surface area contributed by atoms with Crippen LogP contribution in [0.1, 0.15) is 12.0 Å². The molecule has 16 heavy (non-hydrogen) atoms. The Balaban J connectivity index is 1.92. The summed E-state index contributed by atoms with van der Waals surface area (Å²) in [6.07, 6.45) is 0.730. The molecule has 0 radical (unpaired) electrons. The standard InChI is InChI=1S/C12H15NO3/c14-11-3-1-9(2-4-11)7-13-6-5-10(8-13)12(15)16/h1-4,10,14H,5-8H2,(H,15,16). The lowest BCUT2D eigenvalue weighted by Gasteiger charge is -2.14. The molecule has 1 unspecified atom stereocenters. The van der Waals surface area contributed by atoms with Crippen molar-refractivity contribution in [1.29, 1.82) is 0 Å². The molecule has 86 valence electrons. The molecular weight excluding hydrogens is 206 g/mol. The maximum atomic E-state index is 10.8. The van der Waals surface area contributed by atoms with E-state index in [1.54, 1.807) is 12.1 Å².